The standard InChI is InChI=1S/C14H14N2O3S/c1-19-13(17)11-6-2-3-7-12(11)16-14(18)15-9-10-5-4-8-20-10/h2-8H,9H2,1H3,(H2,15,16,18). The molecule has 0 saturated heterocycles. The van der Waals surface area contributed by atoms with Gasteiger partial charge in [0.2, 0.25) is 0 Å². The number of nitrogens with one attached hydrogen (secondary N) is 2. The van der Waals surface area contributed by atoms with Crippen LogP contribution in [0, 0.1) is 0 Å². The Kier molecular flexibility index (Phi) is 4.73. The lowest BCUT2D eigenvalue weighted by atomic mass is 10.2. The predicted molar refractivity (Wildman–Crippen MR) is 78.0 cm³/mol. The van der Waals surface area contributed by atoms with Crippen LogP contribution in [0.15, 0.2) is 41.8 Å². The predicted octanol–water partition coefficient (Wildman–Crippen LogP) is 2.86. The Balaban J connectivity index is 1.99. The molecule has 0 unspecified atom stereocenters. The molecule has 0 aliphatic heterocycles. The summed E-state index contributed by atoms with van der Waals surface area (Å²) in [4.78, 5) is 24.4. The monoisotopic (exact) mass is 290 g/mol. The molecular formula is C14H14N2O3S. The van der Waals surface area contributed by atoms with Crippen molar-refractivity contribution in [2.45, 2.75) is 6.54 Å². The van der Waals surface area contributed by atoms with Gasteiger partial charge in [-0.05, 0) is 23.6 Å². The number of rotatable bonds is 4. The Bertz CT molecular complexity index is 596. The highest BCUT2D eigenvalue weighted by Crippen LogP contribution is 2.16. The number of hydrogen-bond acceptors (Lipinski definition) is 4. The second-order valence-electron chi connectivity index (χ2n) is 3.92. The van der Waals surface area contributed by atoms with Gasteiger partial charge in [-0.15, -0.1) is 11.3 Å². The number of hydrogen-bond donors (Lipinski definition) is 2. The summed E-state index contributed by atoms with van der Waals surface area (Å²) in [6.07, 6.45) is 0. The smallest absolute Gasteiger partial charge is 0.339 e. The molecule has 0 spiro atoms. The van der Waals surface area contributed by atoms with Crippen molar-refractivity contribution in [3.05, 3.63) is 52.2 Å². The number of ether oxygens (including phenoxy) is 1. The van der Waals surface area contributed by atoms with Crippen LogP contribution in [0.25, 0.3) is 0 Å². The molecule has 6 heteroatoms. The first kappa shape index (κ1) is 14.1. The SMILES string of the molecule is COC(=O)c1ccccc1NC(=O)NCc1cccs1. The molecule has 2 aromatic rings. The Labute approximate surface area is 120 Å². The van der Waals surface area contributed by atoms with E-state index in [2.05, 4.69) is 15.4 Å². The van der Waals surface area contributed by atoms with Crippen molar-refractivity contribution in [1.29, 1.82) is 0 Å². The molecule has 1 heterocycles. The molecule has 0 radical (unpaired) electrons. The lowest BCUT2D eigenvalue weighted by molar-refractivity contribution is 0.0602. The maximum atomic E-state index is 11.8. The molecule has 0 bridgehead atoms. The third kappa shape index (κ3) is 3.58. The van der Waals surface area contributed by atoms with E-state index in [0.29, 0.717) is 17.8 Å². The van der Waals surface area contributed by atoms with Crippen LogP contribution in [0.2, 0.25) is 0 Å². The minimum Gasteiger partial charge on any atom is -0.465 e. The Morgan fingerprint density at radius 1 is 1.20 bits per heavy atom. The van der Waals surface area contributed by atoms with Gasteiger partial charge in [-0.1, -0.05) is 18.2 Å². The zero-order chi connectivity index (χ0) is 14.4. The van der Waals surface area contributed by atoms with Gasteiger partial charge in [0.25, 0.3) is 0 Å². The number of benzene rings is 1. The highest BCUT2D eigenvalue weighted by molar-refractivity contribution is 7.09. The van der Waals surface area contributed by atoms with Gasteiger partial charge < -0.3 is 15.4 Å². The van der Waals surface area contributed by atoms with E-state index in [0.717, 1.165) is 4.88 Å². The van der Waals surface area contributed by atoms with Gasteiger partial charge >= 0.3 is 12.0 Å². The fraction of sp³-hybridized carbons (Fsp3) is 0.143. The lowest BCUT2D eigenvalue weighted by Crippen LogP contribution is -2.28. The van der Waals surface area contributed by atoms with Gasteiger partial charge in [0.15, 0.2) is 0 Å². The quantitative estimate of drug-likeness (QED) is 0.851. The summed E-state index contributed by atoms with van der Waals surface area (Å²) in [5.74, 6) is -0.487. The van der Waals surface area contributed by atoms with E-state index in [9.17, 15) is 9.59 Å². The summed E-state index contributed by atoms with van der Waals surface area (Å²) < 4.78 is 4.67. The van der Waals surface area contributed by atoms with E-state index >= 15 is 0 Å². The molecule has 104 valence electrons. The van der Waals surface area contributed by atoms with E-state index in [4.69, 9.17) is 0 Å². The largest absolute Gasteiger partial charge is 0.465 e. The first-order chi connectivity index (χ1) is 9.70. The minimum atomic E-state index is -0.487. The Morgan fingerprint density at radius 3 is 2.70 bits per heavy atom. The molecule has 0 fully saturated rings. The third-order valence-electron chi connectivity index (χ3n) is 2.58. The van der Waals surface area contributed by atoms with E-state index in [-0.39, 0.29) is 6.03 Å². The van der Waals surface area contributed by atoms with Gasteiger partial charge in [0, 0.05) is 4.88 Å². The summed E-state index contributed by atoms with van der Waals surface area (Å²) in [6, 6.07) is 10.2. The zero-order valence-electron chi connectivity index (χ0n) is 10.9. The van der Waals surface area contributed by atoms with Crippen LogP contribution in [0.1, 0.15) is 15.2 Å². The fourth-order valence-corrected chi connectivity index (χ4v) is 2.27. The van der Waals surface area contributed by atoms with Crippen molar-refractivity contribution in [2.24, 2.45) is 0 Å². The molecule has 1 aromatic heterocycles. The van der Waals surface area contributed by atoms with E-state index in [1.807, 2.05) is 17.5 Å². The van der Waals surface area contributed by atoms with Crippen LogP contribution in [0.3, 0.4) is 0 Å². The first-order valence-electron chi connectivity index (χ1n) is 5.95. The molecule has 5 nitrogen and oxygen atoms in total. The van der Waals surface area contributed by atoms with Crippen molar-refractivity contribution >= 4 is 29.0 Å². The Morgan fingerprint density at radius 2 is 2.00 bits per heavy atom. The van der Waals surface area contributed by atoms with Gasteiger partial charge in [-0.25, -0.2) is 9.59 Å². The summed E-state index contributed by atoms with van der Waals surface area (Å²) >= 11 is 1.57. The zero-order valence-corrected chi connectivity index (χ0v) is 11.7. The number of thiophene rings is 1. The maximum Gasteiger partial charge on any atom is 0.339 e. The average molecular weight is 290 g/mol. The van der Waals surface area contributed by atoms with Gasteiger partial charge in [0.05, 0.1) is 24.9 Å². The number of carbonyl (C=O) groups excluding carboxylic acids is 2. The molecule has 0 saturated carbocycles. The maximum absolute atomic E-state index is 11.8. The van der Waals surface area contributed by atoms with Crippen molar-refractivity contribution in [3.8, 4) is 0 Å². The van der Waals surface area contributed by atoms with E-state index < -0.39 is 5.97 Å². The number of para-hydroxylation sites is 1. The molecule has 0 atom stereocenters. The number of carbonyl (C=O) groups is 2. The number of urea groups is 1. The molecule has 0 aliphatic carbocycles. The van der Waals surface area contributed by atoms with Crippen LogP contribution < -0.4 is 10.6 Å². The third-order valence-corrected chi connectivity index (χ3v) is 3.46. The average Bonchev–Trinajstić information content (AvgIpc) is 2.98. The lowest BCUT2D eigenvalue weighted by Gasteiger charge is -2.10. The number of amides is 2. The molecule has 2 rings (SSSR count). The molecule has 0 aliphatic rings. The summed E-state index contributed by atoms with van der Waals surface area (Å²) in [5.41, 5.74) is 0.740. The fourth-order valence-electron chi connectivity index (χ4n) is 1.63. The molecular weight excluding hydrogens is 276 g/mol. The van der Waals surface area contributed by atoms with Crippen LogP contribution in [-0.2, 0) is 11.3 Å². The second kappa shape index (κ2) is 6.72. The van der Waals surface area contributed by atoms with Crippen molar-refractivity contribution in [2.75, 3.05) is 12.4 Å². The van der Waals surface area contributed by atoms with E-state index in [1.165, 1.54) is 7.11 Å². The van der Waals surface area contributed by atoms with Crippen LogP contribution >= 0.6 is 11.3 Å². The summed E-state index contributed by atoms with van der Waals surface area (Å²) in [6.45, 7) is 0.448. The highest BCUT2D eigenvalue weighted by atomic mass is 32.1. The van der Waals surface area contributed by atoms with Crippen LogP contribution in [0.4, 0.5) is 10.5 Å². The van der Waals surface area contributed by atoms with Crippen molar-refractivity contribution in [3.63, 3.8) is 0 Å². The minimum absolute atomic E-state index is 0.321. The number of anilines is 1. The highest BCUT2D eigenvalue weighted by Gasteiger charge is 2.12. The van der Waals surface area contributed by atoms with Gasteiger partial charge in [0.1, 0.15) is 0 Å². The van der Waals surface area contributed by atoms with E-state index in [1.54, 1.807) is 35.6 Å². The first-order valence-corrected chi connectivity index (χ1v) is 6.83. The van der Waals surface area contributed by atoms with Crippen LogP contribution in [0.5, 0.6) is 0 Å². The Hall–Kier alpha value is -2.34. The topological polar surface area (TPSA) is 67.4 Å². The second-order valence-corrected chi connectivity index (χ2v) is 4.96. The molecule has 2 N–H and O–H groups in total. The van der Waals surface area contributed by atoms with Crippen LogP contribution in [-0.4, -0.2) is 19.1 Å². The summed E-state index contributed by atoms with van der Waals surface area (Å²) in [7, 11) is 1.30. The number of esters is 1. The van der Waals surface area contributed by atoms with Crippen molar-refractivity contribution in [1.82, 2.24) is 5.32 Å². The molecule has 2 amide bonds. The summed E-state index contributed by atoms with van der Waals surface area (Å²) in [5, 5.41) is 7.31. The van der Waals surface area contributed by atoms with Crippen molar-refractivity contribution < 1.29 is 14.3 Å². The van der Waals surface area contributed by atoms with Gasteiger partial charge in [-0.3, -0.25) is 0 Å². The normalized spacial score (nSPS) is 9.85. The molecule has 20 heavy (non-hydrogen) atoms. The number of methoxy groups -OCH3 is 1. The molecule has 1 aromatic carbocycles. The van der Waals surface area contributed by atoms with Gasteiger partial charge in [-0.2, -0.15) is 0 Å².